The van der Waals surface area contributed by atoms with E-state index in [1.807, 2.05) is 0 Å². The Morgan fingerprint density at radius 1 is 1.29 bits per heavy atom. The molecular weight excluding hydrogens is 420 g/mol. The number of thioether (sulfide) groups is 1. The lowest BCUT2D eigenvalue weighted by molar-refractivity contribution is -0.384. The third kappa shape index (κ3) is 4.95. The van der Waals surface area contributed by atoms with E-state index in [0.717, 1.165) is 16.7 Å². The lowest BCUT2D eigenvalue weighted by Crippen LogP contribution is -2.27. The van der Waals surface area contributed by atoms with Crippen LogP contribution in [0, 0.1) is 10.1 Å². The number of carbonyl (C=O) groups is 2. The molecule has 0 spiro atoms. The molecule has 31 heavy (non-hydrogen) atoms. The molecule has 0 aliphatic carbocycles. The number of benzene rings is 2. The Morgan fingerprint density at radius 2 is 2.06 bits per heavy atom. The van der Waals surface area contributed by atoms with Gasteiger partial charge in [0.1, 0.15) is 0 Å². The van der Waals surface area contributed by atoms with Gasteiger partial charge in [0.15, 0.2) is 11.5 Å². The lowest BCUT2D eigenvalue weighted by atomic mass is 10.0. The van der Waals surface area contributed by atoms with Crippen molar-refractivity contribution in [1.82, 2.24) is 4.90 Å². The first-order valence-electron chi connectivity index (χ1n) is 9.42. The molecule has 1 heterocycles. The summed E-state index contributed by atoms with van der Waals surface area (Å²) < 4.78 is 5.47. The predicted octanol–water partition coefficient (Wildman–Crippen LogP) is 4.66. The van der Waals surface area contributed by atoms with E-state index < -0.39 is 16.1 Å². The second-order valence-electron chi connectivity index (χ2n) is 6.65. The molecule has 0 aromatic heterocycles. The maximum absolute atomic E-state index is 12.8. The van der Waals surface area contributed by atoms with Crippen LogP contribution in [0.4, 0.5) is 10.5 Å². The van der Waals surface area contributed by atoms with Crippen LogP contribution in [0.15, 0.2) is 54.0 Å². The van der Waals surface area contributed by atoms with Gasteiger partial charge in [-0.15, -0.1) is 6.58 Å². The smallest absolute Gasteiger partial charge is 0.293 e. The quantitative estimate of drug-likeness (QED) is 0.275. The molecule has 0 bridgehead atoms. The Kier molecular flexibility index (Phi) is 6.76. The molecule has 1 saturated heterocycles. The number of allylic oxidation sites excluding steroid dienone is 1. The number of hydrogen-bond acceptors (Lipinski definition) is 7. The number of phenols is 1. The van der Waals surface area contributed by atoms with E-state index in [4.69, 9.17) is 4.74 Å². The molecule has 2 aromatic carbocycles. The van der Waals surface area contributed by atoms with Gasteiger partial charge in [-0.05, 0) is 54.4 Å². The van der Waals surface area contributed by atoms with Crippen LogP contribution in [-0.4, -0.2) is 32.7 Å². The van der Waals surface area contributed by atoms with Crippen LogP contribution in [0.25, 0.3) is 6.08 Å². The summed E-state index contributed by atoms with van der Waals surface area (Å²) in [6.07, 6.45) is 3.61. The summed E-state index contributed by atoms with van der Waals surface area (Å²) >= 11 is 0.790. The molecule has 1 N–H and O–H groups in total. The van der Waals surface area contributed by atoms with Crippen molar-refractivity contribution in [3.05, 3.63) is 80.8 Å². The van der Waals surface area contributed by atoms with Gasteiger partial charge in [0.25, 0.3) is 16.8 Å². The Hall–Kier alpha value is -3.59. The monoisotopic (exact) mass is 440 g/mol. The van der Waals surface area contributed by atoms with Crippen molar-refractivity contribution >= 4 is 34.7 Å². The maximum Gasteiger partial charge on any atom is 0.293 e. The van der Waals surface area contributed by atoms with E-state index in [0.29, 0.717) is 29.7 Å². The Bertz CT molecular complexity index is 1100. The van der Waals surface area contributed by atoms with E-state index in [9.17, 15) is 24.8 Å². The number of nitro benzene ring substituents is 1. The molecule has 1 aliphatic heterocycles. The number of imide groups is 1. The van der Waals surface area contributed by atoms with Crippen LogP contribution in [0.5, 0.6) is 11.5 Å². The molecular formula is C22H20N2O6S. The first-order valence-corrected chi connectivity index (χ1v) is 10.2. The van der Waals surface area contributed by atoms with Gasteiger partial charge in [-0.3, -0.25) is 24.6 Å². The predicted molar refractivity (Wildman–Crippen MR) is 118 cm³/mol. The number of ether oxygens (including phenoxy) is 1. The third-order valence-electron chi connectivity index (χ3n) is 4.47. The zero-order valence-corrected chi connectivity index (χ0v) is 17.6. The van der Waals surface area contributed by atoms with Crippen LogP contribution in [0.2, 0.25) is 0 Å². The van der Waals surface area contributed by atoms with Crippen LogP contribution in [0.3, 0.4) is 0 Å². The number of hydrogen-bond donors (Lipinski definition) is 1. The standard InChI is InChI=1S/C22H20N2O6S/c1-3-6-16-9-15(11-18(20(16)25)30-4-2)12-19-21(26)23(22(27)31-19)13-14-7-5-8-17(10-14)24(28)29/h3,5,7-12,25H,1,4,6,13H2,2H3/b19-12+. The molecule has 2 aromatic rings. The van der Waals surface area contributed by atoms with E-state index in [1.54, 1.807) is 37.3 Å². The van der Waals surface area contributed by atoms with Crippen LogP contribution >= 0.6 is 11.8 Å². The highest BCUT2D eigenvalue weighted by atomic mass is 32.2. The maximum atomic E-state index is 12.8. The van der Waals surface area contributed by atoms with Crippen molar-refractivity contribution in [3.63, 3.8) is 0 Å². The molecule has 3 rings (SSSR count). The van der Waals surface area contributed by atoms with E-state index >= 15 is 0 Å². The largest absolute Gasteiger partial charge is 0.504 e. The summed E-state index contributed by atoms with van der Waals surface area (Å²) in [6, 6.07) is 9.11. The van der Waals surface area contributed by atoms with Gasteiger partial charge in [-0.1, -0.05) is 18.2 Å². The molecule has 0 saturated carbocycles. The van der Waals surface area contributed by atoms with Gasteiger partial charge in [-0.2, -0.15) is 0 Å². The number of rotatable bonds is 8. The second-order valence-corrected chi connectivity index (χ2v) is 7.64. The molecule has 8 nitrogen and oxygen atoms in total. The minimum absolute atomic E-state index is 0.0117. The van der Waals surface area contributed by atoms with Crippen LogP contribution in [0.1, 0.15) is 23.6 Å². The topological polar surface area (TPSA) is 110 Å². The zero-order valence-electron chi connectivity index (χ0n) is 16.7. The SMILES string of the molecule is C=CCc1cc(/C=C2/SC(=O)N(Cc3cccc([N+](=O)[O-])c3)C2=O)cc(OCC)c1O. The first kappa shape index (κ1) is 22.1. The third-order valence-corrected chi connectivity index (χ3v) is 5.38. The summed E-state index contributed by atoms with van der Waals surface area (Å²) in [5, 5.41) is 20.8. The fraction of sp³-hybridized carbons (Fsp3) is 0.182. The zero-order chi connectivity index (χ0) is 22.5. The Labute approximate surface area is 183 Å². The van der Waals surface area contributed by atoms with Crippen LogP contribution in [-0.2, 0) is 17.8 Å². The van der Waals surface area contributed by atoms with Gasteiger partial charge in [-0.25, -0.2) is 0 Å². The molecule has 0 atom stereocenters. The number of nitrogens with zero attached hydrogens (tertiary/aromatic N) is 2. The highest BCUT2D eigenvalue weighted by Gasteiger charge is 2.35. The summed E-state index contributed by atoms with van der Waals surface area (Å²) in [5.41, 5.74) is 1.55. The number of amides is 2. The number of non-ortho nitro benzene ring substituents is 1. The molecule has 0 radical (unpaired) electrons. The van der Waals surface area contributed by atoms with Crippen molar-refractivity contribution in [1.29, 1.82) is 0 Å². The van der Waals surface area contributed by atoms with Crippen molar-refractivity contribution < 1.29 is 24.4 Å². The average molecular weight is 440 g/mol. The molecule has 1 aliphatic rings. The minimum atomic E-state index is -0.529. The highest BCUT2D eigenvalue weighted by Crippen LogP contribution is 2.37. The van der Waals surface area contributed by atoms with Crippen molar-refractivity contribution in [2.24, 2.45) is 0 Å². The van der Waals surface area contributed by atoms with Gasteiger partial charge >= 0.3 is 0 Å². The second kappa shape index (κ2) is 9.48. The van der Waals surface area contributed by atoms with Crippen molar-refractivity contribution in [2.75, 3.05) is 6.61 Å². The summed E-state index contributed by atoms with van der Waals surface area (Å²) in [4.78, 5) is 36.9. The van der Waals surface area contributed by atoms with Gasteiger partial charge < -0.3 is 9.84 Å². The van der Waals surface area contributed by atoms with Gasteiger partial charge in [0.05, 0.1) is 23.0 Å². The molecule has 1 fully saturated rings. The van der Waals surface area contributed by atoms with Crippen molar-refractivity contribution in [2.45, 2.75) is 19.9 Å². The van der Waals surface area contributed by atoms with E-state index in [1.165, 1.54) is 18.2 Å². The van der Waals surface area contributed by atoms with Crippen LogP contribution < -0.4 is 4.74 Å². The Morgan fingerprint density at radius 3 is 2.74 bits per heavy atom. The van der Waals surface area contributed by atoms with E-state index in [2.05, 4.69) is 6.58 Å². The fourth-order valence-electron chi connectivity index (χ4n) is 3.09. The van der Waals surface area contributed by atoms with Gasteiger partial charge in [0, 0.05) is 17.7 Å². The summed E-state index contributed by atoms with van der Waals surface area (Å²) in [7, 11) is 0. The number of nitro groups is 1. The number of phenolic OH excluding ortho intramolecular Hbond substituents is 1. The van der Waals surface area contributed by atoms with Gasteiger partial charge in [0.2, 0.25) is 0 Å². The molecule has 9 heteroatoms. The highest BCUT2D eigenvalue weighted by molar-refractivity contribution is 8.18. The normalized spacial score (nSPS) is 14.9. The van der Waals surface area contributed by atoms with Crippen molar-refractivity contribution in [3.8, 4) is 11.5 Å². The van der Waals surface area contributed by atoms with E-state index in [-0.39, 0.29) is 28.6 Å². The molecule has 2 amide bonds. The Balaban J connectivity index is 1.88. The summed E-state index contributed by atoms with van der Waals surface area (Å²) in [5.74, 6) is -0.195. The lowest BCUT2D eigenvalue weighted by Gasteiger charge is -2.12. The molecule has 0 unspecified atom stereocenters. The number of aromatic hydroxyl groups is 1. The minimum Gasteiger partial charge on any atom is -0.504 e. The average Bonchev–Trinajstić information content (AvgIpc) is 2.99. The first-order chi connectivity index (χ1) is 14.8. The molecule has 160 valence electrons. The fourth-order valence-corrected chi connectivity index (χ4v) is 3.93. The number of carbonyl (C=O) groups excluding carboxylic acids is 2. The summed E-state index contributed by atoms with van der Waals surface area (Å²) in [6.45, 7) is 5.75.